The van der Waals surface area contributed by atoms with Gasteiger partial charge in [-0.3, -0.25) is 19.7 Å². The second kappa shape index (κ2) is 21.0. The zero-order valence-electron chi connectivity index (χ0n) is 34.5. The maximum Gasteiger partial charge on any atom is 0.222 e. The summed E-state index contributed by atoms with van der Waals surface area (Å²) in [7, 11) is 0. The van der Waals surface area contributed by atoms with Crippen molar-refractivity contribution in [3.63, 3.8) is 0 Å². The Bertz CT molecular complexity index is 2220. The molecule has 6 aromatic rings. The molecule has 12 heteroatoms. The Balaban J connectivity index is 0.799. The van der Waals surface area contributed by atoms with Gasteiger partial charge in [-0.15, -0.1) is 21.5 Å². The van der Waals surface area contributed by atoms with Gasteiger partial charge in [0.05, 0.1) is 44.1 Å². The number of nitrogens with zero attached hydrogens (tertiary/aromatic N) is 4. The predicted octanol–water partition coefficient (Wildman–Crippen LogP) is 8.72. The second-order valence-electron chi connectivity index (χ2n) is 14.8. The Hall–Kier alpha value is -5.01. The van der Waals surface area contributed by atoms with Gasteiger partial charge in [-0.2, -0.15) is 0 Å². The lowest BCUT2D eigenvalue weighted by Gasteiger charge is -2.37. The zero-order valence-corrected chi connectivity index (χ0v) is 36.1. The SMILES string of the molecule is Cc1sc2c(c1C)C(c1ccc(Cl)cc1)=N[C@H](CC(=O)NCCCOCCOCCOCCCNC(c1ccccc1)(c1ccccc1)c1ccccc1)c1nnc(C)n1-2. The third-order valence-corrected chi connectivity index (χ3v) is 12.2. The van der Waals surface area contributed by atoms with E-state index in [0.29, 0.717) is 63.5 Å². The van der Waals surface area contributed by atoms with E-state index in [1.54, 1.807) is 11.3 Å². The summed E-state index contributed by atoms with van der Waals surface area (Å²) in [4.78, 5) is 19.7. The van der Waals surface area contributed by atoms with Gasteiger partial charge in [0.1, 0.15) is 16.9 Å². The van der Waals surface area contributed by atoms with Gasteiger partial charge in [0.2, 0.25) is 5.91 Å². The van der Waals surface area contributed by atoms with Crippen LogP contribution in [-0.4, -0.2) is 79.1 Å². The van der Waals surface area contributed by atoms with Crippen molar-refractivity contribution in [2.75, 3.05) is 52.7 Å². The molecule has 10 nitrogen and oxygen atoms in total. The van der Waals surface area contributed by atoms with E-state index in [1.807, 2.05) is 31.2 Å². The summed E-state index contributed by atoms with van der Waals surface area (Å²) in [5.74, 6) is 1.32. The molecule has 0 saturated carbocycles. The zero-order chi connectivity index (χ0) is 41.7. The van der Waals surface area contributed by atoms with E-state index in [9.17, 15) is 4.79 Å². The van der Waals surface area contributed by atoms with E-state index < -0.39 is 11.6 Å². The van der Waals surface area contributed by atoms with Crippen molar-refractivity contribution in [3.8, 4) is 5.00 Å². The summed E-state index contributed by atoms with van der Waals surface area (Å²) in [5, 5.41) is 17.5. The molecule has 1 amide bonds. The number of hydrogen-bond donors (Lipinski definition) is 2. The van der Waals surface area contributed by atoms with Crippen LogP contribution < -0.4 is 10.6 Å². The van der Waals surface area contributed by atoms with Crippen LogP contribution in [0.4, 0.5) is 0 Å². The lowest BCUT2D eigenvalue weighted by Crippen LogP contribution is -2.45. The molecule has 60 heavy (non-hydrogen) atoms. The van der Waals surface area contributed by atoms with Gasteiger partial charge in [-0.25, -0.2) is 0 Å². The molecule has 0 radical (unpaired) electrons. The topological polar surface area (TPSA) is 112 Å². The molecule has 1 atom stereocenters. The van der Waals surface area contributed by atoms with Crippen molar-refractivity contribution in [1.82, 2.24) is 25.4 Å². The van der Waals surface area contributed by atoms with Crippen LogP contribution in [0.5, 0.6) is 0 Å². The number of aromatic nitrogens is 3. The third kappa shape index (κ3) is 10.1. The molecule has 312 valence electrons. The highest BCUT2D eigenvalue weighted by Crippen LogP contribution is 2.40. The van der Waals surface area contributed by atoms with Crippen LogP contribution in [0.2, 0.25) is 5.02 Å². The molecule has 7 rings (SSSR count). The number of benzene rings is 4. The van der Waals surface area contributed by atoms with Gasteiger partial charge < -0.3 is 19.5 Å². The van der Waals surface area contributed by atoms with E-state index in [-0.39, 0.29) is 12.3 Å². The Labute approximate surface area is 362 Å². The molecule has 2 aromatic heterocycles. The average Bonchev–Trinajstić information content (AvgIpc) is 3.76. The molecule has 0 spiro atoms. The fraction of sp³-hybridized carbons (Fsp3) is 0.333. The quantitative estimate of drug-likeness (QED) is 0.0551. The molecule has 2 N–H and O–H groups in total. The molecule has 0 unspecified atom stereocenters. The minimum atomic E-state index is -0.511. The van der Waals surface area contributed by atoms with Gasteiger partial charge >= 0.3 is 0 Å². The van der Waals surface area contributed by atoms with Gasteiger partial charge in [0.25, 0.3) is 0 Å². The van der Waals surface area contributed by atoms with Crippen molar-refractivity contribution in [3.05, 3.63) is 170 Å². The first kappa shape index (κ1) is 43.1. The summed E-state index contributed by atoms with van der Waals surface area (Å²) in [6.07, 6.45) is 1.67. The summed E-state index contributed by atoms with van der Waals surface area (Å²) < 4.78 is 19.5. The lowest BCUT2D eigenvalue weighted by molar-refractivity contribution is -0.121. The number of carbonyl (C=O) groups is 1. The third-order valence-electron chi connectivity index (χ3n) is 10.7. The van der Waals surface area contributed by atoms with E-state index in [4.69, 9.17) is 30.8 Å². The number of amides is 1. The largest absolute Gasteiger partial charge is 0.379 e. The predicted molar refractivity (Wildman–Crippen MR) is 240 cm³/mol. The number of halogens is 1. The minimum absolute atomic E-state index is 0.105. The molecule has 0 fully saturated rings. The minimum Gasteiger partial charge on any atom is -0.379 e. The lowest BCUT2D eigenvalue weighted by atomic mass is 9.77. The number of nitrogens with one attached hydrogen (secondary N) is 2. The maximum absolute atomic E-state index is 13.3. The fourth-order valence-electron chi connectivity index (χ4n) is 7.64. The molecule has 4 aromatic carbocycles. The molecule has 0 bridgehead atoms. The van der Waals surface area contributed by atoms with Crippen LogP contribution in [0.15, 0.2) is 120 Å². The first-order valence-corrected chi connectivity index (χ1v) is 21.8. The Kier molecular flexibility index (Phi) is 15.1. The average molecular weight is 846 g/mol. The number of aliphatic imine (C=N–C) groups is 1. The fourth-order valence-corrected chi connectivity index (χ4v) is 8.98. The number of fused-ring (bicyclic) bond motifs is 3. The Morgan fingerprint density at radius 1 is 0.717 bits per heavy atom. The molecule has 1 aliphatic rings. The highest BCUT2D eigenvalue weighted by Gasteiger charge is 2.36. The van der Waals surface area contributed by atoms with Crippen LogP contribution in [0.1, 0.15) is 75.2 Å². The molecule has 0 saturated heterocycles. The summed E-state index contributed by atoms with van der Waals surface area (Å²) >= 11 is 7.93. The van der Waals surface area contributed by atoms with Crippen molar-refractivity contribution in [1.29, 1.82) is 0 Å². The van der Waals surface area contributed by atoms with Crippen LogP contribution in [0.25, 0.3) is 5.00 Å². The number of hydrogen-bond acceptors (Lipinski definition) is 9. The molecular formula is C48H53ClN6O4S. The van der Waals surface area contributed by atoms with Gasteiger partial charge in [-0.05, 0) is 74.5 Å². The number of aryl methyl sites for hydroxylation is 2. The van der Waals surface area contributed by atoms with Crippen LogP contribution in [0, 0.1) is 20.8 Å². The standard InChI is InChI=1S/C48H53ClN6O4S/c1-34-35(2)60-47-44(34)45(37-21-23-41(49)24-22-37)52-42(46-54-53-36(3)55(46)47)33-43(56)50-25-13-27-57-29-31-59-32-30-58-28-14-26-51-48(38-15-7-4-8-16-38,39-17-9-5-10-18-39)40-19-11-6-12-20-40/h4-12,15-24,42,51H,13-14,25-33H2,1-3H3,(H,50,56)/t42-/m1/s1. The highest BCUT2D eigenvalue weighted by molar-refractivity contribution is 7.15. The van der Waals surface area contributed by atoms with Crippen LogP contribution in [0.3, 0.4) is 0 Å². The van der Waals surface area contributed by atoms with Crippen molar-refractivity contribution in [2.24, 2.45) is 4.99 Å². The maximum atomic E-state index is 13.3. The first-order chi connectivity index (χ1) is 29.4. The Morgan fingerprint density at radius 3 is 1.82 bits per heavy atom. The van der Waals surface area contributed by atoms with Crippen molar-refractivity contribution >= 4 is 34.6 Å². The monoisotopic (exact) mass is 844 g/mol. The smallest absolute Gasteiger partial charge is 0.222 e. The number of thiophene rings is 1. The summed E-state index contributed by atoms with van der Waals surface area (Å²) in [6, 6.07) is 39.0. The number of rotatable bonds is 21. The number of ether oxygens (including phenoxy) is 3. The van der Waals surface area contributed by atoms with Crippen LogP contribution in [-0.2, 0) is 24.5 Å². The van der Waals surface area contributed by atoms with Crippen molar-refractivity contribution in [2.45, 2.75) is 51.6 Å². The van der Waals surface area contributed by atoms with Gasteiger partial charge in [-0.1, -0.05) is 115 Å². The summed E-state index contributed by atoms with van der Waals surface area (Å²) in [5.41, 5.74) is 7.06. The summed E-state index contributed by atoms with van der Waals surface area (Å²) in [6.45, 7) is 10.5. The first-order valence-electron chi connectivity index (χ1n) is 20.6. The van der Waals surface area contributed by atoms with E-state index >= 15 is 0 Å². The van der Waals surface area contributed by atoms with Gasteiger partial charge in [0.15, 0.2) is 5.82 Å². The van der Waals surface area contributed by atoms with E-state index in [1.165, 1.54) is 21.6 Å². The van der Waals surface area contributed by atoms with Crippen molar-refractivity contribution < 1.29 is 19.0 Å². The highest BCUT2D eigenvalue weighted by atomic mass is 35.5. The molecule has 1 aliphatic heterocycles. The number of carbonyl (C=O) groups excluding carboxylic acids is 1. The molecular weight excluding hydrogens is 792 g/mol. The van der Waals surface area contributed by atoms with E-state index in [2.05, 4.69) is 130 Å². The second-order valence-corrected chi connectivity index (χ2v) is 16.4. The molecule has 3 heterocycles. The molecule has 0 aliphatic carbocycles. The van der Waals surface area contributed by atoms with E-state index in [0.717, 1.165) is 46.2 Å². The van der Waals surface area contributed by atoms with Gasteiger partial charge in [0, 0.05) is 40.8 Å². The normalized spacial score (nSPS) is 13.7. The van der Waals surface area contributed by atoms with Crippen LogP contribution >= 0.6 is 22.9 Å². The Morgan fingerprint density at radius 2 is 1.25 bits per heavy atom.